The van der Waals surface area contributed by atoms with Crippen molar-refractivity contribution in [2.24, 2.45) is 0 Å². The summed E-state index contributed by atoms with van der Waals surface area (Å²) < 4.78 is 25.8. The fourth-order valence-corrected chi connectivity index (χ4v) is 12.1. The van der Waals surface area contributed by atoms with Gasteiger partial charge < -0.3 is 25.0 Å². The van der Waals surface area contributed by atoms with E-state index in [0.717, 1.165) is 56.9 Å². The van der Waals surface area contributed by atoms with Crippen LogP contribution in [-0.2, 0) is 103 Å². The molecule has 14 rings (SSSR count). The monoisotopic (exact) mass is 2180 g/mol. The number of nitrogens with zero attached hydrogens (tertiary/aromatic N) is 5. The second-order valence-corrected chi connectivity index (χ2v) is 29.5. The van der Waals surface area contributed by atoms with E-state index in [1.54, 1.807) is 36.5 Å². The summed E-state index contributed by atoms with van der Waals surface area (Å²) in [6.07, 6.45) is 17.8. The van der Waals surface area contributed by atoms with Gasteiger partial charge in [0.15, 0.2) is 0 Å². The standard InChI is InChI=1S/C37H36N.C25H22N.C19H24N.C11H6F2N.C6H5NO2.4Ir/c1-36(2,3)33-17-13-26(14-18-33)30-23-31(27-15-19-34(20-16-27)37(4,5)6)25-32(24-30)28-10-9-11-29(22-28)35-12-7-8-21-38-35;1-25(2,3)22-13-11-18(12-14-22)20-8-6-9-21(17-20)24-23-10-5-4-7-19(23)15-16-26-24;1-2-3-4-5-6-7-10-17-12-14-18(15-13-17)19-11-8-9-16-20-19;12-8-4-5-9(10(13)7-8)11-3-1-2-6-14-11;8-6(9)5-3-1-2-4-7-5;;;;/h7-10,12-25H,1-6H3;4-8,10-17H,1-3H3;8-9,11-14,16H,2-7,10H2,1H3;1-4,6-7H;1-4H,(H,8,9);;;;/q4*-1;;;;;. The third-order valence-corrected chi connectivity index (χ3v) is 18.3. The summed E-state index contributed by atoms with van der Waals surface area (Å²) >= 11 is 0. The molecule has 0 amide bonds. The molecule has 5 heterocycles. The van der Waals surface area contributed by atoms with Crippen LogP contribution in [0.25, 0.3) is 100 Å². The Hall–Kier alpha value is -9.08. The van der Waals surface area contributed by atoms with E-state index in [-0.39, 0.29) is 108 Å². The molecule has 7 nitrogen and oxygen atoms in total. The molecule has 14 aromatic rings. The number of carbonyl (C=O) groups is 1. The molecule has 0 aliphatic heterocycles. The molecule has 0 fully saturated rings. The Labute approximate surface area is 710 Å². The quantitative estimate of drug-likeness (QED) is 0.0759. The van der Waals surface area contributed by atoms with Crippen LogP contribution in [0.4, 0.5) is 8.78 Å². The Morgan fingerprint density at radius 1 is 0.378 bits per heavy atom. The molecule has 1 N–H and O–H groups in total. The molecule has 0 bridgehead atoms. The number of aromatic carboxylic acids is 1. The number of carboxylic acid groups (broad SMARTS) is 1. The van der Waals surface area contributed by atoms with Crippen molar-refractivity contribution >= 4 is 16.7 Å². The summed E-state index contributed by atoms with van der Waals surface area (Å²) in [7, 11) is 0. The van der Waals surface area contributed by atoms with Gasteiger partial charge in [0.1, 0.15) is 5.69 Å². The second-order valence-electron chi connectivity index (χ2n) is 29.5. The fraction of sp³-hybridized carbons (Fsp3) is 0.204. The van der Waals surface area contributed by atoms with Crippen molar-refractivity contribution < 1.29 is 99.1 Å². The number of rotatable bonds is 16. The van der Waals surface area contributed by atoms with Crippen LogP contribution in [0.2, 0.25) is 0 Å². The van der Waals surface area contributed by atoms with Gasteiger partial charge in [0, 0.05) is 123 Å². The Morgan fingerprint density at radius 2 is 0.829 bits per heavy atom. The van der Waals surface area contributed by atoms with Crippen molar-refractivity contribution in [2.75, 3.05) is 0 Å². The largest absolute Gasteiger partial charge is 0.477 e. The summed E-state index contributed by atoms with van der Waals surface area (Å²) in [5.41, 5.74) is 22.2. The van der Waals surface area contributed by atoms with Crippen molar-refractivity contribution in [3.05, 3.63) is 356 Å². The number of aryl methyl sites for hydroxylation is 1. The zero-order valence-electron chi connectivity index (χ0n) is 64.3. The Bertz CT molecular complexity index is 5040. The Kier molecular flexibility index (Phi) is 36.2. The maximum Gasteiger partial charge on any atom is 0.354 e. The normalized spacial score (nSPS) is 10.7. The minimum absolute atomic E-state index is 0. The van der Waals surface area contributed by atoms with Gasteiger partial charge in [0.05, 0.1) is 0 Å². The van der Waals surface area contributed by atoms with Crippen molar-refractivity contribution in [3.63, 3.8) is 0 Å². The Morgan fingerprint density at radius 3 is 1.30 bits per heavy atom. The predicted octanol–water partition coefficient (Wildman–Crippen LogP) is 25.9. The summed E-state index contributed by atoms with van der Waals surface area (Å²) in [5, 5.41) is 10.7. The van der Waals surface area contributed by atoms with E-state index in [2.05, 4.69) is 276 Å². The molecule has 0 aliphatic rings. The van der Waals surface area contributed by atoms with Gasteiger partial charge in [-0.05, 0) is 154 Å². The van der Waals surface area contributed by atoms with Crippen LogP contribution in [0.1, 0.15) is 141 Å². The minimum atomic E-state index is -0.990. The van der Waals surface area contributed by atoms with Gasteiger partial charge in [-0.1, -0.05) is 265 Å². The molecule has 0 spiro atoms. The molecule has 111 heavy (non-hydrogen) atoms. The molecule has 576 valence electrons. The number of benzene rings is 9. The fourth-order valence-electron chi connectivity index (χ4n) is 12.1. The molecular formula is C98H93F2Ir4N5O2-4. The van der Waals surface area contributed by atoms with Gasteiger partial charge in [0.25, 0.3) is 0 Å². The van der Waals surface area contributed by atoms with Crippen LogP contribution in [0.15, 0.2) is 292 Å². The number of aromatic nitrogens is 5. The number of pyridine rings is 5. The maximum absolute atomic E-state index is 13.2. The third kappa shape index (κ3) is 27.1. The van der Waals surface area contributed by atoms with Gasteiger partial charge in [-0.3, -0.25) is 8.78 Å². The number of carboxylic acids is 1. The van der Waals surface area contributed by atoms with Gasteiger partial charge in [0.2, 0.25) is 0 Å². The first-order valence-corrected chi connectivity index (χ1v) is 36.7. The first-order valence-electron chi connectivity index (χ1n) is 36.7. The molecule has 0 unspecified atom stereocenters. The average Bonchev–Trinajstić information content (AvgIpc) is 0.788. The summed E-state index contributed by atoms with van der Waals surface area (Å²) in [6.45, 7) is 22.5. The van der Waals surface area contributed by atoms with Gasteiger partial charge in [-0.2, -0.15) is 0 Å². The smallest absolute Gasteiger partial charge is 0.354 e. The molecule has 9 aromatic carbocycles. The first kappa shape index (κ1) is 90.8. The van der Waals surface area contributed by atoms with Gasteiger partial charge in [-0.15, -0.1) is 118 Å². The molecule has 0 aliphatic carbocycles. The zero-order valence-corrected chi connectivity index (χ0v) is 73.9. The number of hydrogen-bond acceptors (Lipinski definition) is 6. The molecule has 0 saturated heterocycles. The van der Waals surface area contributed by atoms with Crippen LogP contribution in [0.3, 0.4) is 0 Å². The van der Waals surface area contributed by atoms with E-state index in [4.69, 9.17) is 5.11 Å². The Balaban J connectivity index is 0.000000230. The number of unbranched alkanes of at least 4 members (excludes halogenated alkanes) is 5. The van der Waals surface area contributed by atoms with Crippen molar-refractivity contribution in [3.8, 4) is 89.5 Å². The van der Waals surface area contributed by atoms with Crippen LogP contribution in [0, 0.1) is 35.9 Å². The topological polar surface area (TPSA) is 102 Å². The molecule has 0 atom stereocenters. The van der Waals surface area contributed by atoms with Crippen molar-refractivity contribution in [2.45, 2.75) is 130 Å². The molecule has 0 saturated carbocycles. The van der Waals surface area contributed by atoms with Crippen LogP contribution < -0.4 is 0 Å². The number of halogens is 2. The third-order valence-electron chi connectivity index (χ3n) is 18.3. The summed E-state index contributed by atoms with van der Waals surface area (Å²) in [4.78, 5) is 31.2. The molecule has 5 aromatic heterocycles. The average molecular weight is 2180 g/mol. The van der Waals surface area contributed by atoms with Gasteiger partial charge in [-0.25, -0.2) is 9.78 Å². The second kappa shape index (κ2) is 44.2. The SMILES string of the molecule is CC(C)(C)c1ccc(-c2cc(-c3ccc(C(C)(C)C)cc3)cc(-c3cc[c-]c(-c4ccccn4)c3)c2)cc1.CC(C)(C)c1ccc(-c2cc[c-]c(-c3nccc4ccccc34)c2)cc1.CCCCCCCCc1c[c-]c(-c2ccccn2)cc1.Fc1c[c-]c(-c2ccccn2)c(F)c1.O=C(O)c1ccccn1.[Ir].[Ir].[Ir].[Ir]. The van der Waals surface area contributed by atoms with E-state index < -0.39 is 17.6 Å². The van der Waals surface area contributed by atoms with E-state index in [9.17, 15) is 13.6 Å². The summed E-state index contributed by atoms with van der Waals surface area (Å²) in [6, 6.07) is 99.7. The van der Waals surface area contributed by atoms with Gasteiger partial charge >= 0.3 is 5.97 Å². The van der Waals surface area contributed by atoms with E-state index in [1.165, 1.54) is 124 Å². The number of fused-ring (bicyclic) bond motifs is 1. The molecule has 4 radical (unpaired) electrons. The zero-order chi connectivity index (χ0) is 75.8. The van der Waals surface area contributed by atoms with Crippen LogP contribution in [-0.4, -0.2) is 36.0 Å². The minimum Gasteiger partial charge on any atom is -0.477 e. The van der Waals surface area contributed by atoms with E-state index in [0.29, 0.717) is 5.69 Å². The number of hydrogen-bond donors (Lipinski definition) is 1. The molecular weight excluding hydrogens is 2090 g/mol. The van der Waals surface area contributed by atoms with E-state index in [1.807, 2.05) is 73.2 Å². The summed E-state index contributed by atoms with van der Waals surface area (Å²) in [5.74, 6) is -2.28. The van der Waals surface area contributed by atoms with Crippen LogP contribution in [0.5, 0.6) is 0 Å². The predicted molar refractivity (Wildman–Crippen MR) is 438 cm³/mol. The maximum atomic E-state index is 13.2. The molecule has 13 heteroatoms. The van der Waals surface area contributed by atoms with Crippen molar-refractivity contribution in [1.82, 2.24) is 24.9 Å². The van der Waals surface area contributed by atoms with E-state index >= 15 is 0 Å². The first-order chi connectivity index (χ1) is 51.6. The van der Waals surface area contributed by atoms with Crippen LogP contribution >= 0.6 is 0 Å². The van der Waals surface area contributed by atoms with Crippen molar-refractivity contribution in [1.29, 1.82) is 0 Å².